The number of hydrogen-bond donors (Lipinski definition) is 3. The molecule has 19 heavy (non-hydrogen) atoms. The van der Waals surface area contributed by atoms with E-state index in [-0.39, 0.29) is 17.2 Å². The van der Waals surface area contributed by atoms with E-state index in [9.17, 15) is 9.59 Å². The molecular formula is C11H10ClN5O2. The average molecular weight is 280 g/mol. The van der Waals surface area contributed by atoms with Crippen LogP contribution in [0.5, 0.6) is 0 Å². The van der Waals surface area contributed by atoms with E-state index in [1.54, 1.807) is 6.07 Å². The lowest BCUT2D eigenvalue weighted by Crippen LogP contribution is -2.19. The lowest BCUT2D eigenvalue weighted by Gasteiger charge is -2.07. The first-order valence-corrected chi connectivity index (χ1v) is 5.68. The molecule has 1 heterocycles. The van der Waals surface area contributed by atoms with E-state index in [1.807, 2.05) is 0 Å². The number of carbonyl (C=O) groups is 2. The van der Waals surface area contributed by atoms with Crippen molar-refractivity contribution in [1.82, 2.24) is 20.7 Å². The quantitative estimate of drug-likeness (QED) is 0.782. The molecule has 1 aromatic carbocycles. The number of amides is 2. The van der Waals surface area contributed by atoms with Crippen LogP contribution >= 0.6 is 11.6 Å². The summed E-state index contributed by atoms with van der Waals surface area (Å²) in [6.07, 6.45) is 1.30. The van der Waals surface area contributed by atoms with Crippen LogP contribution in [0.25, 0.3) is 0 Å². The van der Waals surface area contributed by atoms with E-state index in [0.29, 0.717) is 10.7 Å². The van der Waals surface area contributed by atoms with Crippen molar-refractivity contribution in [2.24, 2.45) is 0 Å². The van der Waals surface area contributed by atoms with Crippen LogP contribution in [0.2, 0.25) is 5.02 Å². The number of nitrogens with one attached hydrogen (secondary N) is 3. The fraction of sp³-hybridized carbons (Fsp3) is 0.0909. The Bertz CT molecular complexity index is 612. The number of aromatic amines is 1. The highest BCUT2D eigenvalue weighted by Crippen LogP contribution is 2.20. The maximum absolute atomic E-state index is 11.7. The van der Waals surface area contributed by atoms with E-state index < -0.39 is 5.91 Å². The molecule has 0 radical (unpaired) electrons. The predicted octanol–water partition coefficient (Wildman–Crippen LogP) is 1.07. The van der Waals surface area contributed by atoms with Gasteiger partial charge in [-0.05, 0) is 18.2 Å². The smallest absolute Gasteiger partial charge is 0.277 e. The molecule has 3 N–H and O–H groups in total. The minimum absolute atomic E-state index is 0.149. The van der Waals surface area contributed by atoms with Crippen molar-refractivity contribution in [3.05, 3.63) is 40.7 Å². The highest BCUT2D eigenvalue weighted by molar-refractivity contribution is 6.34. The number of anilines is 1. The van der Waals surface area contributed by atoms with Crippen molar-refractivity contribution in [3.63, 3.8) is 0 Å². The maximum atomic E-state index is 11.7. The van der Waals surface area contributed by atoms with Gasteiger partial charge in [-0.15, -0.1) is 0 Å². The number of benzene rings is 1. The summed E-state index contributed by atoms with van der Waals surface area (Å²) in [5, 5.41) is 14.9. The standard InChI is InChI=1S/C11H10ClN5O2/c1-13-10(18)7-4-6(2-3-8(7)12)15-11(19)9-5-14-17-16-9/h2-5H,1H3,(H,13,18)(H,15,19)(H,14,16,17). The summed E-state index contributed by atoms with van der Waals surface area (Å²) in [5.41, 5.74) is 0.870. The molecule has 2 rings (SSSR count). The lowest BCUT2D eigenvalue weighted by atomic mass is 10.2. The van der Waals surface area contributed by atoms with Crippen molar-refractivity contribution in [2.45, 2.75) is 0 Å². The molecule has 0 bridgehead atoms. The molecule has 0 atom stereocenters. The Morgan fingerprint density at radius 1 is 1.32 bits per heavy atom. The Labute approximate surface area is 113 Å². The second-order valence-corrected chi connectivity index (χ2v) is 3.99. The van der Waals surface area contributed by atoms with E-state index in [0.717, 1.165) is 0 Å². The Balaban J connectivity index is 2.22. The number of nitrogens with zero attached hydrogens (tertiary/aromatic N) is 2. The summed E-state index contributed by atoms with van der Waals surface area (Å²) in [5.74, 6) is -0.763. The van der Waals surface area contributed by atoms with E-state index in [2.05, 4.69) is 26.0 Å². The summed E-state index contributed by atoms with van der Waals surface area (Å²) in [6, 6.07) is 4.61. The van der Waals surface area contributed by atoms with Gasteiger partial charge >= 0.3 is 0 Å². The van der Waals surface area contributed by atoms with Crippen molar-refractivity contribution < 1.29 is 9.59 Å². The van der Waals surface area contributed by atoms with Gasteiger partial charge in [0, 0.05) is 12.7 Å². The summed E-state index contributed by atoms with van der Waals surface area (Å²) < 4.78 is 0. The van der Waals surface area contributed by atoms with Crippen molar-refractivity contribution in [3.8, 4) is 0 Å². The first kappa shape index (κ1) is 13.0. The topological polar surface area (TPSA) is 99.8 Å². The highest BCUT2D eigenvalue weighted by Gasteiger charge is 2.13. The van der Waals surface area contributed by atoms with Gasteiger partial charge in [-0.1, -0.05) is 11.6 Å². The van der Waals surface area contributed by atoms with Gasteiger partial charge in [0.05, 0.1) is 16.8 Å². The molecule has 0 fully saturated rings. The monoisotopic (exact) mass is 279 g/mol. The molecule has 2 aromatic rings. The minimum atomic E-state index is -0.432. The molecule has 1 aromatic heterocycles. The normalized spacial score (nSPS) is 10.0. The minimum Gasteiger partial charge on any atom is -0.355 e. The number of H-pyrrole nitrogens is 1. The zero-order valence-electron chi connectivity index (χ0n) is 9.90. The fourth-order valence-electron chi connectivity index (χ4n) is 1.42. The summed E-state index contributed by atoms with van der Waals surface area (Å²) in [7, 11) is 1.50. The number of aromatic nitrogens is 3. The van der Waals surface area contributed by atoms with E-state index in [4.69, 9.17) is 11.6 Å². The van der Waals surface area contributed by atoms with Crippen LogP contribution in [0.3, 0.4) is 0 Å². The molecule has 0 aliphatic carbocycles. The van der Waals surface area contributed by atoms with Gasteiger partial charge in [0.1, 0.15) is 0 Å². The van der Waals surface area contributed by atoms with Crippen molar-refractivity contribution >= 4 is 29.1 Å². The van der Waals surface area contributed by atoms with Gasteiger partial charge < -0.3 is 10.6 Å². The maximum Gasteiger partial charge on any atom is 0.277 e. The second kappa shape index (κ2) is 5.49. The van der Waals surface area contributed by atoms with Crippen LogP contribution in [0.15, 0.2) is 24.4 Å². The van der Waals surface area contributed by atoms with Crippen LogP contribution < -0.4 is 10.6 Å². The van der Waals surface area contributed by atoms with Crippen LogP contribution in [0, 0.1) is 0 Å². The number of hydrogen-bond acceptors (Lipinski definition) is 4. The van der Waals surface area contributed by atoms with Gasteiger partial charge in [-0.25, -0.2) is 0 Å². The zero-order chi connectivity index (χ0) is 13.8. The molecule has 0 aliphatic rings. The Kier molecular flexibility index (Phi) is 3.76. The number of carbonyl (C=O) groups excluding carboxylic acids is 2. The summed E-state index contributed by atoms with van der Waals surface area (Å²) in [4.78, 5) is 23.3. The molecule has 0 saturated carbocycles. The molecule has 0 spiro atoms. The molecule has 2 amide bonds. The third-order valence-corrected chi connectivity index (χ3v) is 2.67. The molecule has 0 unspecified atom stereocenters. The summed E-state index contributed by atoms with van der Waals surface area (Å²) >= 11 is 5.91. The SMILES string of the molecule is CNC(=O)c1cc(NC(=O)c2cn[nH]n2)ccc1Cl. The van der Waals surface area contributed by atoms with Crippen molar-refractivity contribution in [2.75, 3.05) is 12.4 Å². The van der Waals surface area contributed by atoms with Crippen LogP contribution in [0.1, 0.15) is 20.8 Å². The Morgan fingerprint density at radius 2 is 2.11 bits per heavy atom. The molecular weight excluding hydrogens is 270 g/mol. The van der Waals surface area contributed by atoms with Crippen LogP contribution in [0.4, 0.5) is 5.69 Å². The molecule has 8 heteroatoms. The highest BCUT2D eigenvalue weighted by atomic mass is 35.5. The van der Waals surface area contributed by atoms with Crippen LogP contribution in [-0.2, 0) is 0 Å². The van der Waals surface area contributed by atoms with Crippen LogP contribution in [-0.4, -0.2) is 34.3 Å². The van der Waals surface area contributed by atoms with Gasteiger partial charge in [0.2, 0.25) is 0 Å². The molecule has 7 nitrogen and oxygen atoms in total. The van der Waals surface area contributed by atoms with Gasteiger partial charge in [0.15, 0.2) is 5.69 Å². The Morgan fingerprint density at radius 3 is 2.74 bits per heavy atom. The lowest BCUT2D eigenvalue weighted by molar-refractivity contribution is 0.0961. The number of rotatable bonds is 3. The average Bonchev–Trinajstić information content (AvgIpc) is 2.94. The largest absolute Gasteiger partial charge is 0.355 e. The Hall–Kier alpha value is -2.41. The summed E-state index contributed by atoms with van der Waals surface area (Å²) in [6.45, 7) is 0. The third kappa shape index (κ3) is 2.89. The van der Waals surface area contributed by atoms with E-state index in [1.165, 1.54) is 25.4 Å². The van der Waals surface area contributed by atoms with Gasteiger partial charge in [-0.3, -0.25) is 9.59 Å². The molecule has 0 aliphatic heterocycles. The molecule has 0 saturated heterocycles. The first-order valence-electron chi connectivity index (χ1n) is 5.30. The van der Waals surface area contributed by atoms with Crippen molar-refractivity contribution in [1.29, 1.82) is 0 Å². The molecule has 98 valence electrons. The van der Waals surface area contributed by atoms with Gasteiger partial charge in [-0.2, -0.15) is 15.4 Å². The second-order valence-electron chi connectivity index (χ2n) is 3.58. The fourth-order valence-corrected chi connectivity index (χ4v) is 1.62. The predicted molar refractivity (Wildman–Crippen MR) is 69.2 cm³/mol. The first-order chi connectivity index (χ1) is 9.11. The third-order valence-electron chi connectivity index (χ3n) is 2.34. The zero-order valence-corrected chi connectivity index (χ0v) is 10.7. The van der Waals surface area contributed by atoms with Gasteiger partial charge in [0.25, 0.3) is 11.8 Å². The van der Waals surface area contributed by atoms with E-state index >= 15 is 0 Å². The number of halogens is 1.